The second-order valence-electron chi connectivity index (χ2n) is 3.68. The lowest BCUT2D eigenvalue weighted by Crippen LogP contribution is -2.24. The maximum Gasteiger partial charge on any atom is 0.203 e. The van der Waals surface area contributed by atoms with Crippen molar-refractivity contribution in [3.63, 3.8) is 0 Å². The van der Waals surface area contributed by atoms with E-state index in [-0.39, 0.29) is 12.5 Å². The molecule has 5 nitrogen and oxygen atoms in total. The molecule has 20 heavy (non-hydrogen) atoms. The highest BCUT2D eigenvalue weighted by atomic mass is 19.2. The number of hydrogen-bond acceptors (Lipinski definition) is 3. The number of azide groups is 1. The number of benzene rings is 1. The van der Waals surface area contributed by atoms with Gasteiger partial charge < -0.3 is 4.74 Å². The first-order chi connectivity index (χ1) is 9.42. The molecular formula is C11H9F4N3O2. The fourth-order valence-corrected chi connectivity index (χ4v) is 1.35. The smallest absolute Gasteiger partial charge is 0.203 e. The van der Waals surface area contributed by atoms with E-state index >= 15 is 0 Å². The number of halogens is 4. The summed E-state index contributed by atoms with van der Waals surface area (Å²) in [7, 11) is 0. The average Bonchev–Trinajstić information content (AvgIpc) is 2.42. The van der Waals surface area contributed by atoms with Gasteiger partial charge in [-0.05, 0) is 12.0 Å². The molecule has 1 aromatic carbocycles. The molecule has 0 bridgehead atoms. The van der Waals surface area contributed by atoms with Crippen molar-refractivity contribution >= 4 is 5.78 Å². The molecule has 0 saturated heterocycles. The number of carbonyl (C=O) groups excluding carboxylic acids is 1. The molecule has 0 radical (unpaired) electrons. The van der Waals surface area contributed by atoms with Gasteiger partial charge in [-0.25, -0.2) is 8.78 Å². The number of Topliss-reactive ketones (excluding diaryl/α,β-unsaturated/α-hetero) is 1. The number of hydrogen-bond donors (Lipinski definition) is 0. The molecule has 0 saturated carbocycles. The molecule has 0 amide bonds. The molecule has 1 aromatic rings. The van der Waals surface area contributed by atoms with Gasteiger partial charge in [0.25, 0.3) is 0 Å². The first-order valence-electron chi connectivity index (χ1n) is 5.45. The van der Waals surface area contributed by atoms with Crippen molar-refractivity contribution in [2.45, 2.75) is 19.4 Å². The highest BCUT2D eigenvalue weighted by Crippen LogP contribution is 2.26. The minimum absolute atomic E-state index is 0.0220. The van der Waals surface area contributed by atoms with Crippen LogP contribution in [0.3, 0.4) is 0 Å². The Hall–Kier alpha value is -2.28. The third kappa shape index (κ3) is 3.39. The Bertz CT molecular complexity index is 547. The number of rotatable bonds is 6. The van der Waals surface area contributed by atoms with Gasteiger partial charge in [0.2, 0.25) is 11.6 Å². The Labute approximate surface area is 110 Å². The summed E-state index contributed by atoms with van der Waals surface area (Å²) < 4.78 is 56.7. The maximum absolute atomic E-state index is 13.2. The summed E-state index contributed by atoms with van der Waals surface area (Å²) in [5.74, 6) is -8.87. The topological polar surface area (TPSA) is 75.1 Å². The summed E-state index contributed by atoms with van der Waals surface area (Å²) >= 11 is 0. The third-order valence-electron chi connectivity index (χ3n) is 2.38. The number of carbonyl (C=O) groups is 1. The van der Waals surface area contributed by atoms with Gasteiger partial charge in [0.1, 0.15) is 6.61 Å². The summed E-state index contributed by atoms with van der Waals surface area (Å²) in [5.41, 5.74) is 8.21. The van der Waals surface area contributed by atoms with Crippen molar-refractivity contribution in [3.8, 4) is 5.75 Å². The zero-order valence-corrected chi connectivity index (χ0v) is 10.2. The van der Waals surface area contributed by atoms with E-state index in [9.17, 15) is 22.4 Å². The highest BCUT2D eigenvalue weighted by molar-refractivity contribution is 5.85. The van der Waals surface area contributed by atoms with Crippen LogP contribution in [-0.4, -0.2) is 18.4 Å². The zero-order valence-electron chi connectivity index (χ0n) is 10.2. The minimum Gasteiger partial charge on any atom is -0.480 e. The molecule has 0 N–H and O–H groups in total. The molecule has 0 aromatic heterocycles. The standard InChI is InChI=1S/C11H9F4N3O2/c1-2-7(17-18-16)8(19)4-20-11-9(14)5(12)3-6(13)10(11)15/h3,7H,2,4H2,1H3/t7-/m0/s1. The van der Waals surface area contributed by atoms with E-state index in [2.05, 4.69) is 14.8 Å². The fourth-order valence-electron chi connectivity index (χ4n) is 1.35. The Morgan fingerprint density at radius 1 is 1.35 bits per heavy atom. The Balaban J connectivity index is 2.90. The molecule has 1 rings (SSSR count). The Morgan fingerprint density at radius 2 is 1.90 bits per heavy atom. The lowest BCUT2D eigenvalue weighted by molar-refractivity contribution is -0.122. The predicted octanol–water partition coefficient (Wildman–Crippen LogP) is 3.28. The molecule has 1 atom stereocenters. The van der Waals surface area contributed by atoms with E-state index < -0.39 is 47.5 Å². The van der Waals surface area contributed by atoms with E-state index in [1.165, 1.54) is 0 Å². The van der Waals surface area contributed by atoms with Crippen LogP contribution < -0.4 is 4.74 Å². The van der Waals surface area contributed by atoms with E-state index in [0.717, 1.165) is 0 Å². The van der Waals surface area contributed by atoms with Crippen molar-refractivity contribution in [1.82, 2.24) is 0 Å². The highest BCUT2D eigenvalue weighted by Gasteiger charge is 2.23. The molecule has 0 aliphatic carbocycles. The van der Waals surface area contributed by atoms with Crippen molar-refractivity contribution in [2.24, 2.45) is 5.11 Å². The van der Waals surface area contributed by atoms with E-state index in [4.69, 9.17) is 5.53 Å². The molecule has 108 valence electrons. The van der Waals surface area contributed by atoms with Crippen LogP contribution in [-0.2, 0) is 4.79 Å². The Kier molecular flexibility index (Phi) is 5.33. The molecular weight excluding hydrogens is 282 g/mol. The van der Waals surface area contributed by atoms with Gasteiger partial charge in [0, 0.05) is 11.0 Å². The predicted molar refractivity (Wildman–Crippen MR) is 60.0 cm³/mol. The normalized spacial score (nSPS) is 11.7. The molecule has 0 aliphatic rings. The molecule has 0 unspecified atom stereocenters. The largest absolute Gasteiger partial charge is 0.480 e. The summed E-state index contributed by atoms with van der Waals surface area (Å²) in [6.07, 6.45) is 0.148. The van der Waals surface area contributed by atoms with Crippen molar-refractivity contribution in [1.29, 1.82) is 0 Å². The quantitative estimate of drug-likeness (QED) is 0.265. The molecule has 9 heteroatoms. The summed E-state index contributed by atoms with van der Waals surface area (Å²) in [6.45, 7) is 0.661. The van der Waals surface area contributed by atoms with Gasteiger partial charge in [-0.1, -0.05) is 12.0 Å². The average molecular weight is 291 g/mol. The van der Waals surface area contributed by atoms with Crippen LogP contribution in [0.1, 0.15) is 13.3 Å². The van der Waals surface area contributed by atoms with Crippen molar-refractivity contribution in [3.05, 3.63) is 39.8 Å². The summed E-state index contributed by atoms with van der Waals surface area (Å²) in [4.78, 5) is 13.9. The lowest BCUT2D eigenvalue weighted by atomic mass is 10.1. The van der Waals surface area contributed by atoms with Gasteiger partial charge in [0.15, 0.2) is 23.2 Å². The second kappa shape index (κ2) is 6.76. The van der Waals surface area contributed by atoms with Crippen LogP contribution in [0.15, 0.2) is 11.2 Å². The number of nitrogens with zero attached hydrogens (tertiary/aromatic N) is 3. The van der Waals surface area contributed by atoms with Crippen LogP contribution in [0.4, 0.5) is 17.6 Å². The van der Waals surface area contributed by atoms with Crippen LogP contribution >= 0.6 is 0 Å². The molecule has 0 aliphatic heterocycles. The third-order valence-corrected chi connectivity index (χ3v) is 2.38. The maximum atomic E-state index is 13.2. The second-order valence-corrected chi connectivity index (χ2v) is 3.68. The van der Waals surface area contributed by atoms with Crippen molar-refractivity contribution in [2.75, 3.05) is 6.61 Å². The Morgan fingerprint density at radius 3 is 2.35 bits per heavy atom. The van der Waals surface area contributed by atoms with Crippen LogP contribution in [0.5, 0.6) is 5.75 Å². The summed E-state index contributed by atoms with van der Waals surface area (Å²) in [6, 6.07) is -1.06. The molecule has 0 fully saturated rings. The van der Waals surface area contributed by atoms with Crippen molar-refractivity contribution < 1.29 is 27.1 Å². The first kappa shape index (κ1) is 15.8. The number of ketones is 1. The van der Waals surface area contributed by atoms with Crippen LogP contribution in [0.25, 0.3) is 10.4 Å². The first-order valence-corrected chi connectivity index (χ1v) is 5.45. The van der Waals surface area contributed by atoms with Crippen LogP contribution in [0.2, 0.25) is 0 Å². The zero-order chi connectivity index (χ0) is 15.3. The van der Waals surface area contributed by atoms with Gasteiger partial charge >= 0.3 is 0 Å². The molecule has 0 spiro atoms. The summed E-state index contributed by atoms with van der Waals surface area (Å²) in [5, 5.41) is 3.15. The van der Waals surface area contributed by atoms with Gasteiger partial charge in [-0.15, -0.1) is 0 Å². The lowest BCUT2D eigenvalue weighted by Gasteiger charge is -2.11. The number of ether oxygens (including phenoxy) is 1. The SMILES string of the molecule is CC[C@H](N=[N+]=[N-])C(=O)COc1c(F)c(F)cc(F)c1F. The van der Waals surface area contributed by atoms with Gasteiger partial charge in [0.05, 0.1) is 6.04 Å². The minimum atomic E-state index is -1.74. The van der Waals surface area contributed by atoms with E-state index in [0.29, 0.717) is 0 Å². The van der Waals surface area contributed by atoms with E-state index in [1.54, 1.807) is 6.92 Å². The fraction of sp³-hybridized carbons (Fsp3) is 0.364. The van der Waals surface area contributed by atoms with Gasteiger partial charge in [-0.2, -0.15) is 8.78 Å². The van der Waals surface area contributed by atoms with Gasteiger partial charge in [-0.3, -0.25) is 4.79 Å². The van der Waals surface area contributed by atoms with Crippen LogP contribution in [0, 0.1) is 23.3 Å². The van der Waals surface area contributed by atoms with E-state index in [1.807, 2.05) is 0 Å². The monoisotopic (exact) mass is 291 g/mol. The molecule has 0 heterocycles.